The summed E-state index contributed by atoms with van der Waals surface area (Å²) in [4.78, 5) is 12.7. The van der Waals surface area contributed by atoms with Crippen LogP contribution in [0.4, 0.5) is 4.39 Å². The number of benzene rings is 1. The van der Waals surface area contributed by atoms with Crippen molar-refractivity contribution in [1.29, 1.82) is 0 Å². The maximum absolute atomic E-state index is 12.8. The summed E-state index contributed by atoms with van der Waals surface area (Å²) < 4.78 is 14.7. The number of carbonyl (C=O) groups excluding carboxylic acids is 1. The van der Waals surface area contributed by atoms with Crippen LogP contribution in [0.3, 0.4) is 0 Å². The molecular formula is C16H16FN5OS. The summed E-state index contributed by atoms with van der Waals surface area (Å²) in [5, 5.41) is 16.7. The van der Waals surface area contributed by atoms with E-state index in [9.17, 15) is 9.18 Å². The fourth-order valence-corrected chi connectivity index (χ4v) is 3.37. The number of nitrogens with one attached hydrogen (secondary N) is 1. The van der Waals surface area contributed by atoms with E-state index in [-0.39, 0.29) is 18.1 Å². The molecule has 0 unspecified atom stereocenters. The molecule has 0 spiro atoms. The largest absolute Gasteiger partial charge is 0.355 e. The monoisotopic (exact) mass is 345 g/mol. The van der Waals surface area contributed by atoms with E-state index < -0.39 is 0 Å². The van der Waals surface area contributed by atoms with Crippen LogP contribution >= 0.6 is 11.3 Å². The van der Waals surface area contributed by atoms with Crippen LogP contribution in [-0.2, 0) is 17.6 Å². The van der Waals surface area contributed by atoms with E-state index in [1.165, 1.54) is 23.5 Å². The highest BCUT2D eigenvalue weighted by Crippen LogP contribution is 2.39. The molecular weight excluding hydrogens is 329 g/mol. The Hall–Kier alpha value is -2.35. The van der Waals surface area contributed by atoms with E-state index in [1.807, 2.05) is 4.52 Å². The predicted molar refractivity (Wildman–Crippen MR) is 87.5 cm³/mol. The minimum absolute atomic E-state index is 0.0803. The van der Waals surface area contributed by atoms with Gasteiger partial charge in [-0.3, -0.25) is 4.79 Å². The van der Waals surface area contributed by atoms with Gasteiger partial charge in [0, 0.05) is 18.9 Å². The molecule has 1 N–H and O–H groups in total. The van der Waals surface area contributed by atoms with Crippen molar-refractivity contribution in [3.63, 3.8) is 0 Å². The van der Waals surface area contributed by atoms with Gasteiger partial charge in [0.25, 0.3) is 0 Å². The third-order valence-corrected chi connectivity index (χ3v) is 4.90. The fraction of sp³-hybridized carbons (Fsp3) is 0.375. The standard InChI is InChI=1S/C16H16FN5OS/c17-12-5-1-10(2-6-12)9-13(23)18-8-7-14-21-22-15(11-3-4-11)19-20-16(22)24-14/h1-2,5-6,11H,3-4,7-9H2,(H,18,23). The van der Waals surface area contributed by atoms with Crippen LogP contribution in [-0.4, -0.2) is 32.3 Å². The first-order chi connectivity index (χ1) is 11.7. The van der Waals surface area contributed by atoms with E-state index in [1.54, 1.807) is 12.1 Å². The molecule has 0 radical (unpaired) electrons. The summed E-state index contributed by atoms with van der Waals surface area (Å²) in [6.45, 7) is 0.517. The Kier molecular flexibility index (Phi) is 3.97. The SMILES string of the molecule is O=C(Cc1ccc(F)cc1)NCCc1nn2c(C3CC3)nnc2s1. The van der Waals surface area contributed by atoms with Crippen LogP contribution in [0.15, 0.2) is 24.3 Å². The number of fused-ring (bicyclic) bond motifs is 1. The molecule has 0 bridgehead atoms. The van der Waals surface area contributed by atoms with Crippen LogP contribution in [0.1, 0.15) is 35.2 Å². The molecule has 6 nitrogen and oxygen atoms in total. The Balaban J connectivity index is 1.30. The minimum atomic E-state index is -0.298. The molecule has 1 aliphatic carbocycles. The quantitative estimate of drug-likeness (QED) is 0.743. The number of hydrogen-bond donors (Lipinski definition) is 1. The zero-order chi connectivity index (χ0) is 16.5. The van der Waals surface area contributed by atoms with Crippen molar-refractivity contribution in [2.24, 2.45) is 0 Å². The van der Waals surface area contributed by atoms with Gasteiger partial charge in [0.05, 0.1) is 6.42 Å². The smallest absolute Gasteiger partial charge is 0.234 e. The Bertz CT molecular complexity index is 868. The van der Waals surface area contributed by atoms with Gasteiger partial charge < -0.3 is 5.32 Å². The van der Waals surface area contributed by atoms with Gasteiger partial charge in [-0.15, -0.1) is 10.2 Å². The maximum Gasteiger partial charge on any atom is 0.234 e. The van der Waals surface area contributed by atoms with Gasteiger partial charge in [-0.1, -0.05) is 23.5 Å². The van der Waals surface area contributed by atoms with Crippen LogP contribution in [0, 0.1) is 5.82 Å². The third-order valence-electron chi connectivity index (χ3n) is 3.94. The summed E-state index contributed by atoms with van der Waals surface area (Å²) in [5.41, 5.74) is 0.793. The van der Waals surface area contributed by atoms with Crippen LogP contribution in [0.25, 0.3) is 4.96 Å². The summed E-state index contributed by atoms with van der Waals surface area (Å²) in [5.74, 6) is 1.08. The Morgan fingerprint density at radius 2 is 2.08 bits per heavy atom. The lowest BCUT2D eigenvalue weighted by Crippen LogP contribution is -2.27. The molecule has 2 aromatic heterocycles. The highest BCUT2D eigenvalue weighted by molar-refractivity contribution is 7.16. The van der Waals surface area contributed by atoms with Crippen molar-refractivity contribution in [3.8, 4) is 0 Å². The fourth-order valence-electron chi connectivity index (χ4n) is 2.53. The van der Waals surface area contributed by atoms with Gasteiger partial charge in [-0.05, 0) is 30.5 Å². The zero-order valence-electron chi connectivity index (χ0n) is 12.9. The Morgan fingerprint density at radius 1 is 1.29 bits per heavy atom. The second kappa shape index (κ2) is 6.27. The summed E-state index contributed by atoms with van der Waals surface area (Å²) in [6.07, 6.45) is 3.23. The molecule has 0 atom stereocenters. The summed E-state index contributed by atoms with van der Waals surface area (Å²) in [6, 6.07) is 5.97. The average Bonchev–Trinajstić information content (AvgIpc) is 3.20. The van der Waals surface area contributed by atoms with Crippen molar-refractivity contribution in [2.45, 2.75) is 31.6 Å². The second-order valence-corrected chi connectivity index (χ2v) is 6.97. The first kappa shape index (κ1) is 15.2. The van der Waals surface area contributed by atoms with E-state index in [0.29, 0.717) is 18.9 Å². The molecule has 4 rings (SSSR count). The molecule has 0 saturated heterocycles. The van der Waals surface area contributed by atoms with E-state index in [2.05, 4.69) is 20.6 Å². The minimum Gasteiger partial charge on any atom is -0.355 e. The van der Waals surface area contributed by atoms with Gasteiger partial charge >= 0.3 is 0 Å². The first-order valence-electron chi connectivity index (χ1n) is 7.91. The number of halogens is 1. The molecule has 3 aromatic rings. The predicted octanol–water partition coefficient (Wildman–Crippen LogP) is 2.10. The topological polar surface area (TPSA) is 72.2 Å². The molecule has 124 valence electrons. The van der Waals surface area contributed by atoms with E-state index in [4.69, 9.17) is 0 Å². The molecule has 1 aliphatic rings. The maximum atomic E-state index is 12.8. The van der Waals surface area contributed by atoms with Crippen molar-refractivity contribution < 1.29 is 9.18 Å². The van der Waals surface area contributed by atoms with E-state index >= 15 is 0 Å². The van der Waals surface area contributed by atoms with E-state index in [0.717, 1.165) is 34.2 Å². The molecule has 24 heavy (non-hydrogen) atoms. The van der Waals surface area contributed by atoms with Gasteiger partial charge in [-0.2, -0.15) is 9.61 Å². The molecule has 1 saturated carbocycles. The highest BCUT2D eigenvalue weighted by atomic mass is 32.1. The summed E-state index contributed by atoms with van der Waals surface area (Å²) in [7, 11) is 0. The number of aromatic nitrogens is 4. The number of amides is 1. The van der Waals surface area contributed by atoms with Crippen LogP contribution in [0.5, 0.6) is 0 Å². The second-order valence-electron chi connectivity index (χ2n) is 5.93. The Morgan fingerprint density at radius 3 is 2.83 bits per heavy atom. The summed E-state index contributed by atoms with van der Waals surface area (Å²) >= 11 is 1.51. The highest BCUT2D eigenvalue weighted by Gasteiger charge is 2.29. The Labute approximate surface area is 141 Å². The van der Waals surface area contributed by atoms with Crippen molar-refractivity contribution in [3.05, 3.63) is 46.5 Å². The van der Waals surface area contributed by atoms with Gasteiger partial charge in [0.2, 0.25) is 10.9 Å². The lowest BCUT2D eigenvalue weighted by atomic mass is 10.1. The number of hydrogen-bond acceptors (Lipinski definition) is 5. The lowest BCUT2D eigenvalue weighted by Gasteiger charge is -2.04. The molecule has 1 amide bonds. The van der Waals surface area contributed by atoms with Crippen molar-refractivity contribution in [2.75, 3.05) is 6.54 Å². The molecule has 2 heterocycles. The van der Waals surface area contributed by atoms with Crippen LogP contribution in [0.2, 0.25) is 0 Å². The van der Waals surface area contributed by atoms with Gasteiger partial charge in [0.1, 0.15) is 10.8 Å². The zero-order valence-corrected chi connectivity index (χ0v) is 13.7. The van der Waals surface area contributed by atoms with Crippen LogP contribution < -0.4 is 5.32 Å². The van der Waals surface area contributed by atoms with Crippen molar-refractivity contribution in [1.82, 2.24) is 25.1 Å². The normalized spacial score (nSPS) is 14.2. The van der Waals surface area contributed by atoms with Crippen molar-refractivity contribution >= 4 is 22.2 Å². The third kappa shape index (κ3) is 3.28. The lowest BCUT2D eigenvalue weighted by molar-refractivity contribution is -0.120. The first-order valence-corrected chi connectivity index (χ1v) is 8.73. The van der Waals surface area contributed by atoms with Gasteiger partial charge in [0.15, 0.2) is 5.82 Å². The average molecular weight is 345 g/mol. The molecule has 8 heteroatoms. The number of rotatable bonds is 6. The number of nitrogens with zero attached hydrogens (tertiary/aromatic N) is 4. The molecule has 1 aromatic carbocycles. The number of carbonyl (C=O) groups is 1. The molecule has 0 aliphatic heterocycles. The van der Waals surface area contributed by atoms with Gasteiger partial charge in [-0.25, -0.2) is 4.39 Å². The molecule has 1 fully saturated rings.